The number of hydrogen-bond acceptors (Lipinski definition) is 6. The molecule has 1 amide bonds. The van der Waals surface area contributed by atoms with E-state index in [9.17, 15) is 4.79 Å². The van der Waals surface area contributed by atoms with Gasteiger partial charge in [-0.1, -0.05) is 55.5 Å². The Balaban J connectivity index is 1.34. The van der Waals surface area contributed by atoms with Crippen molar-refractivity contribution in [1.82, 2.24) is 14.9 Å². The molecule has 3 aromatic rings. The molecule has 0 unspecified atom stereocenters. The summed E-state index contributed by atoms with van der Waals surface area (Å²) in [6.07, 6.45) is 1.55. The van der Waals surface area contributed by atoms with Crippen LogP contribution < -0.4 is 14.7 Å². The van der Waals surface area contributed by atoms with E-state index in [1.807, 2.05) is 37.2 Å². The number of fused-ring (bicyclic) bond motifs is 1. The van der Waals surface area contributed by atoms with Gasteiger partial charge in [0.15, 0.2) is 0 Å². The molecule has 1 fully saturated rings. The molecule has 188 valence electrons. The Labute approximate surface area is 214 Å². The van der Waals surface area contributed by atoms with Gasteiger partial charge in [0, 0.05) is 64.5 Å². The maximum Gasteiger partial charge on any atom is 0.230 e. The zero-order valence-electron chi connectivity index (χ0n) is 21.6. The number of hydrogen-bond donors (Lipinski definition) is 0. The zero-order valence-corrected chi connectivity index (χ0v) is 21.6. The summed E-state index contributed by atoms with van der Waals surface area (Å²) in [5.74, 6) is 1.81. The highest BCUT2D eigenvalue weighted by atomic mass is 16.2. The number of piperazine rings is 1. The van der Waals surface area contributed by atoms with Crippen molar-refractivity contribution in [2.24, 2.45) is 0 Å². The monoisotopic (exact) mass is 484 g/mol. The molecule has 1 saturated heterocycles. The molecule has 5 rings (SSSR count). The van der Waals surface area contributed by atoms with Gasteiger partial charge in [0.05, 0.1) is 18.2 Å². The zero-order chi connectivity index (χ0) is 25.1. The van der Waals surface area contributed by atoms with E-state index in [-0.39, 0.29) is 11.8 Å². The number of carbonyl (C=O) groups is 1. The van der Waals surface area contributed by atoms with E-state index in [1.165, 1.54) is 5.69 Å². The lowest BCUT2D eigenvalue weighted by atomic mass is 9.93. The molecule has 0 radical (unpaired) electrons. The number of carbonyl (C=O) groups excluding carboxylic acids is 1. The van der Waals surface area contributed by atoms with Crippen molar-refractivity contribution < 1.29 is 4.79 Å². The molecular weight excluding hydrogens is 448 g/mol. The summed E-state index contributed by atoms with van der Waals surface area (Å²) < 4.78 is 0. The van der Waals surface area contributed by atoms with Gasteiger partial charge in [-0.25, -0.2) is 4.98 Å². The lowest BCUT2D eigenvalue weighted by Crippen LogP contribution is -2.47. The number of para-hydroxylation sites is 1. The minimum absolute atomic E-state index is 0.114. The first-order valence-electron chi connectivity index (χ1n) is 13.0. The third kappa shape index (κ3) is 4.87. The van der Waals surface area contributed by atoms with Gasteiger partial charge in [-0.2, -0.15) is 4.98 Å². The largest absolute Gasteiger partial charge is 0.368 e. The van der Waals surface area contributed by atoms with Crippen molar-refractivity contribution in [2.45, 2.75) is 32.2 Å². The predicted octanol–water partition coefficient (Wildman–Crippen LogP) is 3.95. The molecule has 2 aliphatic heterocycles. The summed E-state index contributed by atoms with van der Waals surface area (Å²) in [4.78, 5) is 32.4. The van der Waals surface area contributed by atoms with E-state index in [0.717, 1.165) is 67.6 Å². The van der Waals surface area contributed by atoms with Gasteiger partial charge >= 0.3 is 0 Å². The normalized spacial score (nSPS) is 16.5. The van der Waals surface area contributed by atoms with Crippen molar-refractivity contribution in [1.29, 1.82) is 0 Å². The Morgan fingerprint density at radius 1 is 0.889 bits per heavy atom. The molecule has 7 heteroatoms. The molecule has 2 aliphatic rings. The fourth-order valence-corrected chi connectivity index (χ4v) is 5.35. The second-order valence-electron chi connectivity index (χ2n) is 9.86. The van der Waals surface area contributed by atoms with Gasteiger partial charge in [0.1, 0.15) is 5.82 Å². The Morgan fingerprint density at radius 2 is 1.53 bits per heavy atom. The van der Waals surface area contributed by atoms with E-state index in [4.69, 9.17) is 9.97 Å². The SMILES string of the molecule is CC[C@H](C(=O)N1CCc2nc(N3CCN(c4ccccc4)CC3)nc(N(C)C)c2C1)c1ccccc1. The van der Waals surface area contributed by atoms with Crippen molar-refractivity contribution in [2.75, 3.05) is 61.5 Å². The molecule has 1 atom stereocenters. The number of amides is 1. The Bertz CT molecular complexity index is 1180. The van der Waals surface area contributed by atoms with E-state index in [0.29, 0.717) is 13.1 Å². The van der Waals surface area contributed by atoms with Crippen LogP contribution >= 0.6 is 0 Å². The Morgan fingerprint density at radius 3 is 2.17 bits per heavy atom. The molecule has 0 bridgehead atoms. The van der Waals surface area contributed by atoms with Crippen LogP contribution in [0.15, 0.2) is 60.7 Å². The van der Waals surface area contributed by atoms with Crippen LogP contribution in [0.2, 0.25) is 0 Å². The summed E-state index contributed by atoms with van der Waals surface area (Å²) in [7, 11) is 4.05. The quantitative estimate of drug-likeness (QED) is 0.528. The molecule has 0 N–H and O–H groups in total. The van der Waals surface area contributed by atoms with Crippen LogP contribution in [0.5, 0.6) is 0 Å². The topological polar surface area (TPSA) is 55.8 Å². The summed E-state index contributed by atoms with van der Waals surface area (Å²) in [6.45, 7) is 7.02. The highest BCUT2D eigenvalue weighted by Gasteiger charge is 2.31. The summed E-state index contributed by atoms with van der Waals surface area (Å²) in [5, 5.41) is 0. The maximum absolute atomic E-state index is 13.5. The highest BCUT2D eigenvalue weighted by molar-refractivity contribution is 5.84. The standard InChI is InChI=1S/C29H36N6O/c1-4-24(22-11-7-5-8-12-22)28(36)35-16-15-26-25(21-35)27(32(2)3)31-29(30-26)34-19-17-33(18-20-34)23-13-9-6-10-14-23/h5-14,24H,4,15-21H2,1-3H3/t24-/m0/s1. The van der Waals surface area contributed by atoms with Crippen molar-refractivity contribution in [3.05, 3.63) is 77.5 Å². The number of rotatable bonds is 6. The predicted molar refractivity (Wildman–Crippen MR) is 146 cm³/mol. The van der Waals surface area contributed by atoms with Crippen LogP contribution in [-0.4, -0.2) is 67.6 Å². The number of benzene rings is 2. The molecule has 7 nitrogen and oxygen atoms in total. The third-order valence-electron chi connectivity index (χ3n) is 7.35. The van der Waals surface area contributed by atoms with E-state index in [2.05, 4.69) is 64.1 Å². The van der Waals surface area contributed by atoms with Gasteiger partial charge in [0.2, 0.25) is 11.9 Å². The van der Waals surface area contributed by atoms with Crippen LogP contribution in [0, 0.1) is 0 Å². The van der Waals surface area contributed by atoms with Crippen molar-refractivity contribution in [3.63, 3.8) is 0 Å². The summed E-state index contributed by atoms with van der Waals surface area (Å²) in [5.41, 5.74) is 4.51. The minimum atomic E-state index is -0.114. The van der Waals surface area contributed by atoms with Gasteiger partial charge in [-0.15, -0.1) is 0 Å². The van der Waals surface area contributed by atoms with Crippen LogP contribution in [0.4, 0.5) is 17.5 Å². The lowest BCUT2D eigenvalue weighted by Gasteiger charge is -2.37. The first-order chi connectivity index (χ1) is 17.5. The molecule has 1 aromatic heterocycles. The van der Waals surface area contributed by atoms with Crippen molar-refractivity contribution >= 4 is 23.4 Å². The molecule has 0 aliphatic carbocycles. The Kier molecular flexibility index (Phi) is 7.07. The van der Waals surface area contributed by atoms with Crippen LogP contribution in [0.3, 0.4) is 0 Å². The van der Waals surface area contributed by atoms with E-state index in [1.54, 1.807) is 0 Å². The van der Waals surface area contributed by atoms with Gasteiger partial charge in [-0.05, 0) is 24.1 Å². The number of aromatic nitrogens is 2. The molecule has 0 spiro atoms. The second-order valence-corrected chi connectivity index (χ2v) is 9.86. The second kappa shape index (κ2) is 10.6. The molecular formula is C29H36N6O. The molecule has 3 heterocycles. The molecule has 2 aromatic carbocycles. The fourth-order valence-electron chi connectivity index (χ4n) is 5.35. The number of nitrogens with zero attached hydrogens (tertiary/aromatic N) is 6. The molecule has 36 heavy (non-hydrogen) atoms. The average Bonchev–Trinajstić information content (AvgIpc) is 2.93. The van der Waals surface area contributed by atoms with E-state index >= 15 is 0 Å². The van der Waals surface area contributed by atoms with Crippen molar-refractivity contribution in [3.8, 4) is 0 Å². The van der Waals surface area contributed by atoms with E-state index < -0.39 is 0 Å². The first kappa shape index (κ1) is 24.1. The smallest absolute Gasteiger partial charge is 0.230 e. The third-order valence-corrected chi connectivity index (χ3v) is 7.35. The molecule has 0 saturated carbocycles. The van der Waals surface area contributed by atoms with Crippen LogP contribution in [0.25, 0.3) is 0 Å². The van der Waals surface area contributed by atoms with Gasteiger partial charge in [0.25, 0.3) is 0 Å². The highest BCUT2D eigenvalue weighted by Crippen LogP contribution is 2.31. The van der Waals surface area contributed by atoms with Crippen LogP contribution in [0.1, 0.15) is 36.1 Å². The fraction of sp³-hybridized carbons (Fsp3) is 0.414. The maximum atomic E-state index is 13.5. The van der Waals surface area contributed by atoms with Gasteiger partial charge in [-0.3, -0.25) is 4.79 Å². The summed E-state index contributed by atoms with van der Waals surface area (Å²) >= 11 is 0. The number of anilines is 3. The Hall–Kier alpha value is -3.61. The van der Waals surface area contributed by atoms with Crippen LogP contribution in [-0.2, 0) is 17.8 Å². The summed E-state index contributed by atoms with van der Waals surface area (Å²) in [6, 6.07) is 20.7. The average molecular weight is 485 g/mol. The first-order valence-corrected chi connectivity index (χ1v) is 13.0. The lowest BCUT2D eigenvalue weighted by molar-refractivity contribution is -0.133. The minimum Gasteiger partial charge on any atom is -0.368 e. The van der Waals surface area contributed by atoms with Gasteiger partial charge < -0.3 is 19.6 Å².